The van der Waals surface area contributed by atoms with Gasteiger partial charge in [-0.1, -0.05) is 11.6 Å². The molecule has 0 spiro atoms. The Kier molecular flexibility index (Phi) is 4.01. The summed E-state index contributed by atoms with van der Waals surface area (Å²) in [6.07, 6.45) is -4.54. The maximum absolute atomic E-state index is 12.8. The first-order chi connectivity index (χ1) is 9.31. The number of methoxy groups -OCH3 is 1. The van der Waals surface area contributed by atoms with E-state index in [1.165, 1.54) is 13.2 Å². The van der Waals surface area contributed by atoms with Gasteiger partial charge < -0.3 is 9.72 Å². The minimum atomic E-state index is -4.54. The van der Waals surface area contributed by atoms with E-state index in [1.54, 1.807) is 12.1 Å². The monoisotopic (exact) mass is 320 g/mol. The van der Waals surface area contributed by atoms with Gasteiger partial charge in [0, 0.05) is 10.6 Å². The highest BCUT2D eigenvalue weighted by Gasteiger charge is 2.32. The lowest BCUT2D eigenvalue weighted by Gasteiger charge is -2.11. The molecule has 0 atom stereocenters. The molecule has 1 aromatic carbocycles. The van der Waals surface area contributed by atoms with Crippen LogP contribution in [-0.4, -0.2) is 17.1 Å². The van der Waals surface area contributed by atoms with Gasteiger partial charge >= 0.3 is 6.18 Å². The minimum Gasteiger partial charge on any atom is -0.496 e. The molecule has 0 aliphatic heterocycles. The van der Waals surface area contributed by atoms with Crippen LogP contribution in [0.5, 0.6) is 5.75 Å². The first-order valence-electron chi connectivity index (χ1n) is 5.34. The van der Waals surface area contributed by atoms with Crippen molar-refractivity contribution in [2.24, 2.45) is 0 Å². The molecule has 1 aromatic heterocycles. The first-order valence-corrected chi connectivity index (χ1v) is 6.12. The molecular weight excluding hydrogens is 313 g/mol. The Bertz CT molecular complexity index is 700. The van der Waals surface area contributed by atoms with Gasteiger partial charge in [-0.05, 0) is 36.5 Å². The Hall–Kier alpha value is -1.60. The number of hydrogen-bond donors (Lipinski definition) is 1. The molecule has 1 N–H and O–H groups in total. The molecular formula is C12H8ClF3N2OS. The van der Waals surface area contributed by atoms with Gasteiger partial charge in [-0.3, -0.25) is 0 Å². The number of hydrogen-bond acceptors (Lipinski definition) is 3. The molecule has 0 unspecified atom stereocenters. The summed E-state index contributed by atoms with van der Waals surface area (Å²) in [5.41, 5.74) is -0.597. The lowest BCUT2D eigenvalue weighted by molar-refractivity contribution is -0.141. The Balaban J connectivity index is 2.67. The summed E-state index contributed by atoms with van der Waals surface area (Å²) in [5.74, 6) is 0.357. The molecule has 0 radical (unpaired) electrons. The molecule has 0 amide bonds. The van der Waals surface area contributed by atoms with Crippen LogP contribution < -0.4 is 4.74 Å². The lowest BCUT2D eigenvalue weighted by Crippen LogP contribution is -2.09. The number of nitrogens with one attached hydrogen (secondary N) is 1. The number of aromatic nitrogens is 2. The highest BCUT2D eigenvalue weighted by molar-refractivity contribution is 7.71. The van der Waals surface area contributed by atoms with Crippen molar-refractivity contribution in [3.8, 4) is 17.0 Å². The molecule has 20 heavy (non-hydrogen) atoms. The van der Waals surface area contributed by atoms with Crippen LogP contribution >= 0.6 is 23.8 Å². The molecule has 0 aliphatic rings. The number of alkyl halides is 3. The largest absolute Gasteiger partial charge is 0.496 e. The molecule has 0 saturated heterocycles. The summed E-state index contributed by atoms with van der Waals surface area (Å²) in [7, 11) is 1.40. The third-order valence-electron chi connectivity index (χ3n) is 2.49. The van der Waals surface area contributed by atoms with Crippen LogP contribution in [-0.2, 0) is 6.18 Å². The van der Waals surface area contributed by atoms with E-state index in [2.05, 4.69) is 4.98 Å². The van der Waals surface area contributed by atoms with E-state index >= 15 is 0 Å². The van der Waals surface area contributed by atoms with Crippen LogP contribution in [0.3, 0.4) is 0 Å². The van der Waals surface area contributed by atoms with E-state index in [-0.39, 0.29) is 10.5 Å². The van der Waals surface area contributed by atoms with Gasteiger partial charge in [-0.25, -0.2) is 4.98 Å². The van der Waals surface area contributed by atoms with E-state index < -0.39 is 11.9 Å². The van der Waals surface area contributed by atoms with Crippen molar-refractivity contribution in [1.82, 2.24) is 9.97 Å². The number of rotatable bonds is 2. The average molecular weight is 321 g/mol. The highest BCUT2D eigenvalue weighted by Crippen LogP contribution is 2.34. The van der Waals surface area contributed by atoms with E-state index in [1.807, 2.05) is 4.98 Å². The Labute approximate surface area is 122 Å². The van der Waals surface area contributed by atoms with Crippen LogP contribution in [0.1, 0.15) is 5.69 Å². The second kappa shape index (κ2) is 5.41. The van der Waals surface area contributed by atoms with Gasteiger partial charge in [0.05, 0.1) is 12.8 Å². The van der Waals surface area contributed by atoms with Gasteiger partial charge in [-0.2, -0.15) is 13.2 Å². The summed E-state index contributed by atoms with van der Waals surface area (Å²) in [5, 5.41) is 0.356. The SMILES string of the molecule is COc1ccc(Cl)cc1-c1cc(C(F)(F)F)[nH]c(=S)n1. The number of halogens is 4. The maximum Gasteiger partial charge on any atom is 0.431 e. The molecule has 0 fully saturated rings. The van der Waals surface area contributed by atoms with Crippen molar-refractivity contribution in [3.63, 3.8) is 0 Å². The topological polar surface area (TPSA) is 37.9 Å². The van der Waals surface area contributed by atoms with Gasteiger partial charge in [0.1, 0.15) is 11.4 Å². The summed E-state index contributed by atoms with van der Waals surface area (Å²) in [6.45, 7) is 0. The van der Waals surface area contributed by atoms with Gasteiger partial charge in [0.25, 0.3) is 0 Å². The fourth-order valence-electron chi connectivity index (χ4n) is 1.63. The van der Waals surface area contributed by atoms with Crippen LogP contribution in [0.15, 0.2) is 24.3 Å². The van der Waals surface area contributed by atoms with Crippen molar-refractivity contribution in [3.05, 3.63) is 39.8 Å². The molecule has 0 saturated carbocycles. The standard InChI is InChI=1S/C12H8ClF3N2OS/c1-19-9-3-2-6(13)4-7(9)8-5-10(12(14,15)16)18-11(20)17-8/h2-5H,1H3,(H,17,18,20). The maximum atomic E-state index is 12.8. The number of H-pyrrole nitrogens is 1. The van der Waals surface area contributed by atoms with E-state index in [0.29, 0.717) is 16.3 Å². The Morgan fingerprint density at radius 1 is 1.30 bits per heavy atom. The fraction of sp³-hybridized carbons (Fsp3) is 0.167. The second-order valence-corrected chi connectivity index (χ2v) is 4.65. The predicted molar refractivity (Wildman–Crippen MR) is 71.4 cm³/mol. The van der Waals surface area contributed by atoms with Gasteiger partial charge in [-0.15, -0.1) is 0 Å². The molecule has 3 nitrogen and oxygen atoms in total. The van der Waals surface area contributed by atoms with Crippen molar-refractivity contribution >= 4 is 23.8 Å². The van der Waals surface area contributed by atoms with E-state index in [0.717, 1.165) is 6.07 Å². The van der Waals surface area contributed by atoms with Gasteiger partial charge in [0.15, 0.2) is 4.77 Å². The molecule has 2 aromatic rings. The molecule has 106 valence electrons. The molecule has 1 heterocycles. The molecule has 8 heteroatoms. The second-order valence-electron chi connectivity index (χ2n) is 3.83. The first kappa shape index (κ1) is 14.8. The number of nitrogens with zero attached hydrogens (tertiary/aromatic N) is 1. The summed E-state index contributed by atoms with van der Waals surface area (Å²) >= 11 is 10.6. The zero-order valence-electron chi connectivity index (χ0n) is 10.1. The smallest absolute Gasteiger partial charge is 0.431 e. The summed E-state index contributed by atoms with van der Waals surface area (Å²) < 4.78 is 43.1. The quantitative estimate of drug-likeness (QED) is 0.829. The van der Waals surface area contributed by atoms with Gasteiger partial charge in [0.2, 0.25) is 0 Å². The zero-order chi connectivity index (χ0) is 14.9. The number of ether oxygens (including phenoxy) is 1. The van der Waals surface area contributed by atoms with Crippen LogP contribution in [0, 0.1) is 4.77 Å². The third kappa shape index (κ3) is 3.10. The van der Waals surface area contributed by atoms with Crippen molar-refractivity contribution in [2.45, 2.75) is 6.18 Å². The van der Waals surface area contributed by atoms with E-state index in [9.17, 15) is 13.2 Å². The number of benzene rings is 1. The zero-order valence-corrected chi connectivity index (χ0v) is 11.7. The van der Waals surface area contributed by atoms with Crippen molar-refractivity contribution < 1.29 is 17.9 Å². The van der Waals surface area contributed by atoms with Crippen LogP contribution in [0.4, 0.5) is 13.2 Å². The number of aromatic amines is 1. The highest BCUT2D eigenvalue weighted by atomic mass is 35.5. The summed E-state index contributed by atoms with van der Waals surface area (Å²) in [6, 6.07) is 5.45. The molecule has 0 bridgehead atoms. The predicted octanol–water partition coefficient (Wildman–Crippen LogP) is 4.49. The van der Waals surface area contributed by atoms with Crippen LogP contribution in [0.2, 0.25) is 5.02 Å². The molecule has 2 rings (SSSR count). The fourth-order valence-corrected chi connectivity index (χ4v) is 2.01. The van der Waals surface area contributed by atoms with E-state index in [4.69, 9.17) is 28.6 Å². The minimum absolute atomic E-state index is 0.0421. The lowest BCUT2D eigenvalue weighted by atomic mass is 10.1. The third-order valence-corrected chi connectivity index (χ3v) is 2.92. The normalized spacial score (nSPS) is 11.4. The van der Waals surface area contributed by atoms with Crippen LogP contribution in [0.25, 0.3) is 11.3 Å². The summed E-state index contributed by atoms with van der Waals surface area (Å²) in [4.78, 5) is 5.90. The Morgan fingerprint density at radius 3 is 2.60 bits per heavy atom. The molecule has 0 aliphatic carbocycles. The van der Waals surface area contributed by atoms with Crippen molar-refractivity contribution in [1.29, 1.82) is 0 Å². The Morgan fingerprint density at radius 2 is 2.00 bits per heavy atom. The average Bonchev–Trinajstić information content (AvgIpc) is 2.37. The van der Waals surface area contributed by atoms with Crippen molar-refractivity contribution in [2.75, 3.05) is 7.11 Å².